The molecule has 0 saturated heterocycles. The van der Waals surface area contributed by atoms with Gasteiger partial charge in [-0.05, 0) is 43.4 Å². The molecule has 0 spiro atoms. The maximum absolute atomic E-state index is 11.9. The van der Waals surface area contributed by atoms with Crippen LogP contribution in [-0.2, 0) is 4.79 Å². The number of carbonyl (C=O) groups excluding carboxylic acids is 1. The number of carbonyl (C=O) groups is 1. The van der Waals surface area contributed by atoms with E-state index in [2.05, 4.69) is 34.6 Å². The van der Waals surface area contributed by atoms with Crippen molar-refractivity contribution in [3.63, 3.8) is 0 Å². The second-order valence-electron chi connectivity index (χ2n) is 8.33. The molecule has 19 heavy (non-hydrogen) atoms. The van der Waals surface area contributed by atoms with Crippen LogP contribution in [0.2, 0.25) is 0 Å². The summed E-state index contributed by atoms with van der Waals surface area (Å²) in [6, 6.07) is 0. The molecule has 112 valence electrons. The number of ketones is 1. The minimum absolute atomic E-state index is 0.0487. The SMILES string of the molecule is CC(=O)C1(C)CC(CCCCC(C)(C)C)CCC1C. The lowest BCUT2D eigenvalue weighted by Gasteiger charge is -2.41. The van der Waals surface area contributed by atoms with Gasteiger partial charge in [0.2, 0.25) is 0 Å². The van der Waals surface area contributed by atoms with Crippen LogP contribution in [0.25, 0.3) is 0 Å². The molecule has 0 amide bonds. The van der Waals surface area contributed by atoms with Gasteiger partial charge in [-0.15, -0.1) is 0 Å². The zero-order chi connectivity index (χ0) is 14.7. The topological polar surface area (TPSA) is 17.1 Å². The smallest absolute Gasteiger partial charge is 0.135 e. The van der Waals surface area contributed by atoms with Crippen LogP contribution in [0.5, 0.6) is 0 Å². The average Bonchev–Trinajstić information content (AvgIpc) is 2.28. The number of hydrogen-bond donors (Lipinski definition) is 0. The van der Waals surface area contributed by atoms with Crippen molar-refractivity contribution in [2.75, 3.05) is 0 Å². The largest absolute Gasteiger partial charge is 0.299 e. The fourth-order valence-electron chi connectivity index (χ4n) is 3.53. The molecule has 0 heterocycles. The summed E-state index contributed by atoms with van der Waals surface area (Å²) in [5, 5.41) is 0. The first-order valence-electron chi connectivity index (χ1n) is 8.16. The Morgan fingerprint density at radius 2 is 1.84 bits per heavy atom. The molecular formula is C18H34O. The molecule has 0 radical (unpaired) electrons. The summed E-state index contributed by atoms with van der Waals surface area (Å²) in [5.41, 5.74) is 0.419. The summed E-state index contributed by atoms with van der Waals surface area (Å²) < 4.78 is 0. The van der Waals surface area contributed by atoms with Crippen LogP contribution in [0.4, 0.5) is 0 Å². The molecule has 1 aliphatic carbocycles. The number of Topliss-reactive ketones (excluding diaryl/α,β-unsaturated/α-hetero) is 1. The van der Waals surface area contributed by atoms with E-state index in [4.69, 9.17) is 0 Å². The van der Waals surface area contributed by atoms with Crippen molar-refractivity contribution in [1.82, 2.24) is 0 Å². The molecule has 1 fully saturated rings. The maximum Gasteiger partial charge on any atom is 0.135 e. The third-order valence-electron chi connectivity index (χ3n) is 5.40. The van der Waals surface area contributed by atoms with E-state index in [0.717, 1.165) is 12.3 Å². The Morgan fingerprint density at radius 3 is 2.37 bits per heavy atom. The predicted octanol–water partition coefficient (Wildman–Crippen LogP) is 5.62. The van der Waals surface area contributed by atoms with E-state index in [1.807, 2.05) is 0 Å². The minimum atomic E-state index is -0.0487. The van der Waals surface area contributed by atoms with Gasteiger partial charge in [-0.2, -0.15) is 0 Å². The van der Waals surface area contributed by atoms with Crippen LogP contribution in [0.15, 0.2) is 0 Å². The zero-order valence-electron chi connectivity index (χ0n) is 14.0. The molecule has 3 unspecified atom stereocenters. The number of hydrogen-bond acceptors (Lipinski definition) is 1. The van der Waals surface area contributed by atoms with Crippen molar-refractivity contribution < 1.29 is 4.79 Å². The monoisotopic (exact) mass is 266 g/mol. The van der Waals surface area contributed by atoms with Crippen molar-refractivity contribution >= 4 is 5.78 Å². The van der Waals surface area contributed by atoms with Crippen molar-refractivity contribution in [3.8, 4) is 0 Å². The lowest BCUT2D eigenvalue weighted by atomic mass is 9.62. The van der Waals surface area contributed by atoms with Crippen LogP contribution in [-0.4, -0.2) is 5.78 Å². The van der Waals surface area contributed by atoms with Crippen LogP contribution in [0.3, 0.4) is 0 Å². The first kappa shape index (κ1) is 16.7. The summed E-state index contributed by atoms with van der Waals surface area (Å²) >= 11 is 0. The minimum Gasteiger partial charge on any atom is -0.299 e. The van der Waals surface area contributed by atoms with E-state index >= 15 is 0 Å². The summed E-state index contributed by atoms with van der Waals surface area (Å²) in [6.07, 6.45) is 9.01. The van der Waals surface area contributed by atoms with Gasteiger partial charge in [0.25, 0.3) is 0 Å². The Hall–Kier alpha value is -0.330. The van der Waals surface area contributed by atoms with Gasteiger partial charge in [0.05, 0.1) is 0 Å². The van der Waals surface area contributed by atoms with E-state index in [9.17, 15) is 4.79 Å². The fraction of sp³-hybridized carbons (Fsp3) is 0.944. The van der Waals surface area contributed by atoms with Crippen LogP contribution >= 0.6 is 0 Å². The van der Waals surface area contributed by atoms with Gasteiger partial charge in [0.1, 0.15) is 5.78 Å². The second-order valence-corrected chi connectivity index (χ2v) is 8.33. The van der Waals surface area contributed by atoms with Crippen LogP contribution in [0.1, 0.15) is 86.5 Å². The molecule has 1 aliphatic rings. The van der Waals surface area contributed by atoms with Crippen molar-refractivity contribution in [3.05, 3.63) is 0 Å². The van der Waals surface area contributed by atoms with Gasteiger partial charge < -0.3 is 0 Å². The molecule has 1 nitrogen and oxygen atoms in total. The lowest BCUT2D eigenvalue weighted by Crippen LogP contribution is -2.38. The Morgan fingerprint density at radius 1 is 1.21 bits per heavy atom. The standard InChI is InChI=1S/C18H34O/c1-14-10-11-16(13-18(14,6)15(2)19)9-7-8-12-17(3,4)5/h14,16H,7-13H2,1-6H3. The first-order chi connectivity index (χ1) is 8.65. The molecule has 0 aromatic rings. The Labute approximate surface area is 120 Å². The highest BCUT2D eigenvalue weighted by Crippen LogP contribution is 2.45. The van der Waals surface area contributed by atoms with Crippen molar-refractivity contribution in [2.45, 2.75) is 86.5 Å². The van der Waals surface area contributed by atoms with E-state index < -0.39 is 0 Å². The Kier molecular flexibility index (Phi) is 5.65. The molecule has 0 N–H and O–H groups in total. The van der Waals surface area contributed by atoms with Gasteiger partial charge in [0, 0.05) is 5.41 Å². The summed E-state index contributed by atoms with van der Waals surface area (Å²) in [5.74, 6) is 1.75. The molecule has 0 aromatic carbocycles. The highest BCUT2D eigenvalue weighted by molar-refractivity contribution is 5.82. The van der Waals surface area contributed by atoms with Crippen LogP contribution in [0, 0.1) is 22.7 Å². The highest BCUT2D eigenvalue weighted by atomic mass is 16.1. The van der Waals surface area contributed by atoms with Crippen molar-refractivity contribution in [2.24, 2.45) is 22.7 Å². The average molecular weight is 266 g/mol. The third-order valence-corrected chi connectivity index (χ3v) is 5.40. The summed E-state index contributed by atoms with van der Waals surface area (Å²) in [7, 11) is 0. The van der Waals surface area contributed by atoms with E-state index in [-0.39, 0.29) is 5.41 Å². The lowest BCUT2D eigenvalue weighted by molar-refractivity contribution is -0.131. The van der Waals surface area contributed by atoms with Gasteiger partial charge in [-0.1, -0.05) is 60.3 Å². The van der Waals surface area contributed by atoms with Gasteiger partial charge in [-0.25, -0.2) is 0 Å². The third kappa shape index (κ3) is 4.93. The highest BCUT2D eigenvalue weighted by Gasteiger charge is 2.41. The fourth-order valence-corrected chi connectivity index (χ4v) is 3.53. The Balaban J connectivity index is 2.38. The molecule has 0 aromatic heterocycles. The normalized spacial score (nSPS) is 32.3. The van der Waals surface area contributed by atoms with Gasteiger partial charge in [0.15, 0.2) is 0 Å². The molecule has 0 bridgehead atoms. The summed E-state index contributed by atoms with van der Waals surface area (Å²) in [4.78, 5) is 11.9. The van der Waals surface area contributed by atoms with E-state index in [1.165, 1.54) is 38.5 Å². The molecule has 1 rings (SSSR count). The predicted molar refractivity (Wildman–Crippen MR) is 83.2 cm³/mol. The molecule has 1 saturated carbocycles. The van der Waals surface area contributed by atoms with E-state index in [0.29, 0.717) is 17.1 Å². The number of rotatable bonds is 5. The van der Waals surface area contributed by atoms with E-state index in [1.54, 1.807) is 6.92 Å². The second kappa shape index (κ2) is 6.41. The number of unbranched alkanes of at least 4 members (excludes halogenated alkanes) is 1. The zero-order valence-corrected chi connectivity index (χ0v) is 14.0. The summed E-state index contributed by atoms with van der Waals surface area (Å²) in [6.45, 7) is 13.2. The molecule has 3 atom stereocenters. The maximum atomic E-state index is 11.9. The molecule has 0 aliphatic heterocycles. The molecule has 1 heteroatoms. The van der Waals surface area contributed by atoms with Gasteiger partial charge >= 0.3 is 0 Å². The molecular weight excluding hydrogens is 232 g/mol. The van der Waals surface area contributed by atoms with Crippen molar-refractivity contribution in [1.29, 1.82) is 0 Å². The van der Waals surface area contributed by atoms with Gasteiger partial charge in [-0.3, -0.25) is 4.79 Å². The van der Waals surface area contributed by atoms with Crippen LogP contribution < -0.4 is 0 Å². The quantitative estimate of drug-likeness (QED) is 0.590. The first-order valence-corrected chi connectivity index (χ1v) is 8.16. The Bertz CT molecular complexity index is 299.